The lowest BCUT2D eigenvalue weighted by Gasteiger charge is -2.20. The Kier molecular flexibility index (Phi) is 6.63. The molecule has 184 valence electrons. The Bertz CT molecular complexity index is 1430. The van der Waals surface area contributed by atoms with Crippen LogP contribution in [-0.2, 0) is 15.7 Å². The number of rotatable bonds is 7. The van der Waals surface area contributed by atoms with Gasteiger partial charge in [-0.3, -0.25) is 4.79 Å². The Morgan fingerprint density at radius 2 is 1.94 bits per heavy atom. The third-order valence-corrected chi connectivity index (χ3v) is 7.88. The summed E-state index contributed by atoms with van der Waals surface area (Å²) in [4.78, 5) is 19.9. The summed E-state index contributed by atoms with van der Waals surface area (Å²) in [5.74, 6) is -5.29. The number of nitrogens with one attached hydrogen (secondary N) is 2. The SMILES string of the molecule is Cc1ccc(C(F)(F)CNC(=O)c2nc(C)ncc2S(=N)(=O)c2cccc(C3CC3)c2F)c(Cl)c1. The van der Waals surface area contributed by atoms with E-state index in [0.717, 1.165) is 19.0 Å². The molecule has 0 radical (unpaired) electrons. The first-order valence-electron chi connectivity index (χ1n) is 10.8. The molecule has 1 aliphatic carbocycles. The van der Waals surface area contributed by atoms with Crippen LogP contribution >= 0.6 is 11.6 Å². The fraction of sp³-hybridized carbons (Fsp3) is 0.292. The van der Waals surface area contributed by atoms with E-state index in [1.807, 2.05) is 0 Å². The molecule has 4 rings (SSSR count). The average Bonchev–Trinajstić information content (AvgIpc) is 3.62. The zero-order valence-electron chi connectivity index (χ0n) is 18.9. The van der Waals surface area contributed by atoms with Gasteiger partial charge < -0.3 is 5.32 Å². The Balaban J connectivity index is 1.66. The van der Waals surface area contributed by atoms with Crippen LogP contribution in [0.15, 0.2) is 52.4 Å². The smallest absolute Gasteiger partial charge is 0.291 e. The summed E-state index contributed by atoms with van der Waals surface area (Å²) in [7, 11) is -4.08. The lowest BCUT2D eigenvalue weighted by atomic mass is 10.1. The molecule has 0 saturated heterocycles. The number of halogens is 4. The van der Waals surface area contributed by atoms with Crippen molar-refractivity contribution < 1.29 is 22.2 Å². The monoisotopic (exact) mass is 522 g/mol. The molecule has 2 N–H and O–H groups in total. The first-order valence-corrected chi connectivity index (χ1v) is 12.7. The quantitative estimate of drug-likeness (QED) is 0.413. The fourth-order valence-electron chi connectivity index (χ4n) is 3.70. The highest BCUT2D eigenvalue weighted by atomic mass is 35.5. The highest BCUT2D eigenvalue weighted by molar-refractivity contribution is 7.92. The number of aromatic nitrogens is 2. The number of benzene rings is 2. The first kappa shape index (κ1) is 25.1. The van der Waals surface area contributed by atoms with E-state index in [0.29, 0.717) is 11.1 Å². The molecule has 1 aliphatic rings. The van der Waals surface area contributed by atoms with Gasteiger partial charge in [0.05, 0.1) is 16.5 Å². The number of carbonyl (C=O) groups is 1. The van der Waals surface area contributed by atoms with Crippen molar-refractivity contribution in [1.82, 2.24) is 15.3 Å². The molecule has 3 aromatic rings. The van der Waals surface area contributed by atoms with Crippen molar-refractivity contribution in [2.75, 3.05) is 6.54 Å². The molecule has 1 saturated carbocycles. The maximum absolute atomic E-state index is 15.2. The van der Waals surface area contributed by atoms with Crippen LogP contribution in [0.4, 0.5) is 13.2 Å². The maximum Gasteiger partial charge on any atom is 0.291 e. The summed E-state index contributed by atoms with van der Waals surface area (Å²) in [5, 5.41) is 1.93. The van der Waals surface area contributed by atoms with Crippen molar-refractivity contribution in [3.63, 3.8) is 0 Å². The standard InChI is InChI=1S/C24H22ClF3N4O2S/c1-13-6-9-17(18(25)10-13)24(27,28)12-31-23(33)22-20(11-30-14(2)32-22)35(29,34)19-5-3-4-16(21(19)26)15-7-8-15/h3-6,9-11,15,29H,7-8,12H2,1-2H3,(H,31,33). The van der Waals surface area contributed by atoms with Crippen molar-refractivity contribution in [3.05, 3.63) is 81.6 Å². The maximum atomic E-state index is 15.2. The second kappa shape index (κ2) is 9.23. The van der Waals surface area contributed by atoms with Crippen LogP contribution in [0.3, 0.4) is 0 Å². The van der Waals surface area contributed by atoms with E-state index in [9.17, 15) is 17.8 Å². The van der Waals surface area contributed by atoms with Gasteiger partial charge >= 0.3 is 0 Å². The molecule has 11 heteroatoms. The normalized spacial score (nSPS) is 15.5. The number of hydrogen-bond acceptors (Lipinski definition) is 5. The zero-order valence-corrected chi connectivity index (χ0v) is 20.4. The number of carbonyl (C=O) groups excluding carboxylic acids is 1. The number of aryl methyl sites for hydroxylation is 2. The molecule has 35 heavy (non-hydrogen) atoms. The van der Waals surface area contributed by atoms with E-state index in [1.54, 1.807) is 13.0 Å². The molecule has 1 amide bonds. The van der Waals surface area contributed by atoms with Gasteiger partial charge in [-0.25, -0.2) is 23.3 Å². The number of alkyl halides is 2. The van der Waals surface area contributed by atoms with E-state index in [4.69, 9.17) is 16.4 Å². The summed E-state index contributed by atoms with van der Waals surface area (Å²) >= 11 is 5.96. The van der Waals surface area contributed by atoms with Gasteiger partial charge in [-0.15, -0.1) is 0 Å². The molecule has 1 unspecified atom stereocenters. The second-order valence-corrected chi connectivity index (χ2v) is 10.9. The highest BCUT2D eigenvalue weighted by Gasteiger charge is 2.36. The van der Waals surface area contributed by atoms with Gasteiger partial charge in [0.2, 0.25) is 0 Å². The van der Waals surface area contributed by atoms with E-state index in [1.165, 1.54) is 37.3 Å². The van der Waals surface area contributed by atoms with Crippen molar-refractivity contribution in [2.45, 2.75) is 48.3 Å². The molecule has 0 spiro atoms. The zero-order chi connectivity index (χ0) is 25.5. The molecule has 0 bridgehead atoms. The predicted molar refractivity (Wildman–Crippen MR) is 125 cm³/mol. The summed E-state index contributed by atoms with van der Waals surface area (Å²) in [6, 6.07) is 8.33. The molecule has 1 aromatic heterocycles. The summed E-state index contributed by atoms with van der Waals surface area (Å²) < 4.78 is 66.8. The predicted octanol–water partition coefficient (Wildman–Crippen LogP) is 5.75. The minimum atomic E-state index is -4.08. The summed E-state index contributed by atoms with van der Waals surface area (Å²) in [6.45, 7) is 2.03. The topological polar surface area (TPSA) is 95.8 Å². The largest absolute Gasteiger partial charge is 0.344 e. The summed E-state index contributed by atoms with van der Waals surface area (Å²) in [5.41, 5.74) is 0.0611. The molecule has 6 nitrogen and oxygen atoms in total. The van der Waals surface area contributed by atoms with Gasteiger partial charge in [-0.2, -0.15) is 8.78 Å². The minimum absolute atomic E-state index is 0.00184. The first-order chi connectivity index (χ1) is 16.4. The van der Waals surface area contributed by atoms with Gasteiger partial charge in [-0.05, 0) is 55.9 Å². The van der Waals surface area contributed by atoms with Crippen LogP contribution in [0.1, 0.15) is 51.8 Å². The van der Waals surface area contributed by atoms with Crippen molar-refractivity contribution >= 4 is 27.2 Å². The summed E-state index contributed by atoms with van der Waals surface area (Å²) in [6.07, 6.45) is 2.59. The average molecular weight is 523 g/mol. The molecule has 1 atom stereocenters. The van der Waals surface area contributed by atoms with Crippen LogP contribution in [0.5, 0.6) is 0 Å². The van der Waals surface area contributed by atoms with Gasteiger partial charge in [-0.1, -0.05) is 35.9 Å². The van der Waals surface area contributed by atoms with Crippen LogP contribution in [0.2, 0.25) is 5.02 Å². The van der Waals surface area contributed by atoms with Crippen LogP contribution in [-0.4, -0.2) is 26.6 Å². The third-order valence-electron chi connectivity index (χ3n) is 5.71. The Hall–Kier alpha value is -2.98. The van der Waals surface area contributed by atoms with Crippen molar-refractivity contribution in [2.24, 2.45) is 0 Å². The Morgan fingerprint density at radius 3 is 2.60 bits per heavy atom. The van der Waals surface area contributed by atoms with E-state index < -0.39 is 55.0 Å². The Labute approximate surface area is 205 Å². The number of nitrogens with zero attached hydrogens (tertiary/aromatic N) is 2. The second-order valence-electron chi connectivity index (χ2n) is 8.49. The lowest BCUT2D eigenvalue weighted by molar-refractivity contribution is -0.00245. The van der Waals surface area contributed by atoms with Gasteiger partial charge in [0.1, 0.15) is 32.0 Å². The van der Waals surface area contributed by atoms with Crippen LogP contribution in [0.25, 0.3) is 0 Å². The molecule has 1 fully saturated rings. The van der Waals surface area contributed by atoms with E-state index >= 15 is 4.39 Å². The molecule has 2 aromatic carbocycles. The number of hydrogen-bond donors (Lipinski definition) is 2. The van der Waals surface area contributed by atoms with Gasteiger partial charge in [0.25, 0.3) is 11.8 Å². The van der Waals surface area contributed by atoms with Gasteiger partial charge in [0, 0.05) is 11.8 Å². The van der Waals surface area contributed by atoms with E-state index in [-0.39, 0.29) is 16.8 Å². The lowest BCUT2D eigenvalue weighted by Crippen LogP contribution is -2.36. The Morgan fingerprint density at radius 1 is 1.23 bits per heavy atom. The van der Waals surface area contributed by atoms with Crippen molar-refractivity contribution in [1.29, 1.82) is 4.78 Å². The fourth-order valence-corrected chi connectivity index (χ4v) is 5.56. The third kappa shape index (κ3) is 5.04. The highest BCUT2D eigenvalue weighted by Crippen LogP contribution is 2.43. The molecular formula is C24H22ClF3N4O2S. The molecular weight excluding hydrogens is 501 g/mol. The van der Waals surface area contributed by atoms with E-state index in [2.05, 4.69) is 15.3 Å². The molecule has 1 heterocycles. The number of amides is 1. The molecule has 0 aliphatic heterocycles. The van der Waals surface area contributed by atoms with Gasteiger partial charge in [0.15, 0.2) is 0 Å². The van der Waals surface area contributed by atoms with Crippen LogP contribution in [0, 0.1) is 24.4 Å². The van der Waals surface area contributed by atoms with Crippen molar-refractivity contribution in [3.8, 4) is 0 Å². The minimum Gasteiger partial charge on any atom is -0.344 e. The van der Waals surface area contributed by atoms with Crippen LogP contribution < -0.4 is 5.32 Å².